The Balaban J connectivity index is 1.65. The average Bonchev–Trinajstić information content (AvgIpc) is 3.28. The molecule has 200 valence electrons. The van der Waals surface area contributed by atoms with Crippen LogP contribution in [0.15, 0.2) is 97.2 Å². The smallest absolute Gasteiger partial charge is 0.233 e. The molecule has 0 aliphatic heterocycles. The Kier molecular flexibility index (Phi) is 8.57. The van der Waals surface area contributed by atoms with Gasteiger partial charge < -0.3 is 31.2 Å². The van der Waals surface area contributed by atoms with Crippen molar-refractivity contribution in [3.8, 4) is 0 Å². The molecule has 4 aromatic rings. The van der Waals surface area contributed by atoms with Crippen molar-refractivity contribution in [3.05, 3.63) is 114 Å². The predicted octanol–water partition coefficient (Wildman–Crippen LogP) is 2.20. The van der Waals surface area contributed by atoms with E-state index >= 15 is 0 Å². The van der Waals surface area contributed by atoms with Crippen LogP contribution in [0.3, 0.4) is 0 Å². The Morgan fingerprint density at radius 2 is 1.26 bits per heavy atom. The van der Waals surface area contributed by atoms with E-state index in [0.29, 0.717) is 11.5 Å². The molecule has 0 aliphatic carbocycles. The third-order valence-electron chi connectivity index (χ3n) is 6.18. The summed E-state index contributed by atoms with van der Waals surface area (Å²) in [7, 11) is 1.76. The average molecular weight is 526 g/mol. The van der Waals surface area contributed by atoms with Gasteiger partial charge in [0.05, 0.1) is 6.20 Å². The third-order valence-corrected chi connectivity index (χ3v) is 6.18. The minimum Gasteiger partial charge on any atom is -0.530 e. The number of hydrogen-bond acceptors (Lipinski definition) is 6. The van der Waals surface area contributed by atoms with Crippen molar-refractivity contribution < 1.29 is 19.5 Å². The maximum atomic E-state index is 12.7. The highest BCUT2D eigenvalue weighted by Gasteiger charge is 2.37. The Bertz CT molecular complexity index is 1310. The molecule has 0 unspecified atom stereocenters. The van der Waals surface area contributed by atoms with Gasteiger partial charge in [0.15, 0.2) is 0 Å². The molecule has 0 radical (unpaired) electrons. The molecule has 3 aromatic carbocycles. The van der Waals surface area contributed by atoms with Gasteiger partial charge in [-0.05, 0) is 16.7 Å². The second kappa shape index (κ2) is 12.4. The van der Waals surface area contributed by atoms with Crippen LogP contribution in [0.1, 0.15) is 23.1 Å². The number of nitrogens with zero attached hydrogens (tertiary/aromatic N) is 2. The van der Waals surface area contributed by atoms with Gasteiger partial charge in [-0.2, -0.15) is 5.10 Å². The fraction of sp³-hybridized carbons (Fsp3) is 0.172. The first-order valence-corrected chi connectivity index (χ1v) is 12.4. The summed E-state index contributed by atoms with van der Waals surface area (Å²) in [6, 6.07) is 30.0. The van der Waals surface area contributed by atoms with Crippen molar-refractivity contribution in [3.63, 3.8) is 0 Å². The number of carbonyl (C=O) groups is 3. The highest BCUT2D eigenvalue weighted by atomic mass is 16.4. The third kappa shape index (κ3) is 6.42. The number of aryl methyl sites for hydroxylation is 1. The Morgan fingerprint density at radius 3 is 1.74 bits per heavy atom. The van der Waals surface area contributed by atoms with Gasteiger partial charge in [-0.3, -0.25) is 14.3 Å². The molecule has 0 spiro atoms. The molecule has 10 heteroatoms. The number of carbonyl (C=O) groups excluding carboxylic acids is 3. The highest BCUT2D eigenvalue weighted by Crippen LogP contribution is 2.41. The molecule has 0 atom stereocenters. The van der Waals surface area contributed by atoms with Crippen LogP contribution in [0.4, 0.5) is 16.3 Å². The molecule has 0 aliphatic rings. The minimum absolute atomic E-state index is 0.0209. The predicted molar refractivity (Wildman–Crippen MR) is 146 cm³/mol. The number of hydrogen-bond donors (Lipinski definition) is 4. The summed E-state index contributed by atoms with van der Waals surface area (Å²) >= 11 is 0. The van der Waals surface area contributed by atoms with Crippen molar-refractivity contribution in [2.75, 3.05) is 23.7 Å². The first-order valence-electron chi connectivity index (χ1n) is 12.4. The Hall–Kier alpha value is -5.12. The summed E-state index contributed by atoms with van der Waals surface area (Å²) in [5.41, 5.74) is 2.49. The molecule has 4 N–H and O–H groups in total. The molecule has 1 heterocycles. The lowest BCUT2D eigenvalue weighted by atomic mass is 9.77. The largest absolute Gasteiger partial charge is 0.530 e. The van der Waals surface area contributed by atoms with Gasteiger partial charge in [0.2, 0.25) is 11.8 Å². The molecule has 0 saturated heterocycles. The second-order valence-electron chi connectivity index (χ2n) is 8.79. The van der Waals surface area contributed by atoms with Crippen LogP contribution < -0.4 is 26.4 Å². The van der Waals surface area contributed by atoms with E-state index in [4.69, 9.17) is 0 Å². The molecule has 10 nitrogen and oxygen atoms in total. The summed E-state index contributed by atoms with van der Waals surface area (Å²) in [6.45, 7) is 0.0143. The lowest BCUT2D eigenvalue weighted by Crippen LogP contribution is -2.41. The SMILES string of the molecule is Cn1ncc(NC(=O)CC(=O)NCCNC(=O)[O-])c1NC(c1ccccc1)(c1ccccc1)c1ccccc1. The number of anilines is 2. The summed E-state index contributed by atoms with van der Waals surface area (Å²) in [5.74, 6) is -0.544. The number of amides is 3. The van der Waals surface area contributed by atoms with Crippen molar-refractivity contribution in [2.24, 2.45) is 7.05 Å². The number of aromatic nitrogens is 2. The zero-order valence-electron chi connectivity index (χ0n) is 21.4. The first-order chi connectivity index (χ1) is 18.9. The Morgan fingerprint density at radius 1 is 0.769 bits per heavy atom. The van der Waals surface area contributed by atoms with Crippen LogP contribution >= 0.6 is 0 Å². The monoisotopic (exact) mass is 525 g/mol. The highest BCUT2D eigenvalue weighted by molar-refractivity contribution is 6.04. The molecule has 0 fully saturated rings. The summed E-state index contributed by atoms with van der Waals surface area (Å²) < 4.78 is 1.63. The molecular weight excluding hydrogens is 496 g/mol. The van der Waals surface area contributed by atoms with Gasteiger partial charge in [-0.15, -0.1) is 0 Å². The van der Waals surface area contributed by atoms with Gasteiger partial charge in [0.1, 0.15) is 29.6 Å². The molecule has 4 rings (SSSR count). The van der Waals surface area contributed by atoms with Crippen molar-refractivity contribution in [1.29, 1.82) is 0 Å². The van der Waals surface area contributed by atoms with Crippen molar-refractivity contribution >= 4 is 29.4 Å². The number of nitrogens with one attached hydrogen (secondary N) is 4. The van der Waals surface area contributed by atoms with Crippen LogP contribution in [0.5, 0.6) is 0 Å². The summed E-state index contributed by atoms with van der Waals surface area (Å²) in [5, 5.41) is 25.8. The quantitative estimate of drug-likeness (QED) is 0.134. The summed E-state index contributed by atoms with van der Waals surface area (Å²) in [4.78, 5) is 35.3. The van der Waals surface area contributed by atoms with Gasteiger partial charge in [-0.25, -0.2) is 0 Å². The van der Waals surface area contributed by atoms with Gasteiger partial charge in [0, 0.05) is 20.1 Å². The van der Waals surface area contributed by atoms with E-state index in [-0.39, 0.29) is 13.1 Å². The normalized spacial score (nSPS) is 10.9. The standard InChI is InChI=1S/C29H30N6O4/c1-35-27(24(20-32-35)33-26(37)19-25(36)30-17-18-31-28(38)39)34-29(21-11-5-2-6-12-21,22-13-7-3-8-14-22)23-15-9-4-10-16-23/h2-16,20,31,34H,17-19H2,1H3,(H,30,36)(H,33,37)(H,38,39)/p-1. The van der Waals surface area contributed by atoms with Gasteiger partial charge in [0.25, 0.3) is 0 Å². The van der Waals surface area contributed by atoms with Crippen LogP contribution in [0.2, 0.25) is 0 Å². The van der Waals surface area contributed by atoms with Crippen LogP contribution in [-0.2, 0) is 22.2 Å². The zero-order chi connectivity index (χ0) is 27.7. The van der Waals surface area contributed by atoms with E-state index in [1.54, 1.807) is 11.7 Å². The number of rotatable bonds is 11. The fourth-order valence-electron chi connectivity index (χ4n) is 4.41. The second-order valence-corrected chi connectivity index (χ2v) is 8.79. The lowest BCUT2D eigenvalue weighted by molar-refractivity contribution is -0.250. The first kappa shape index (κ1) is 26.9. The van der Waals surface area contributed by atoms with Crippen molar-refractivity contribution in [2.45, 2.75) is 12.0 Å². The van der Waals surface area contributed by atoms with Crippen molar-refractivity contribution in [1.82, 2.24) is 20.4 Å². The van der Waals surface area contributed by atoms with E-state index < -0.39 is 29.9 Å². The van der Waals surface area contributed by atoms with E-state index in [0.717, 1.165) is 16.7 Å². The van der Waals surface area contributed by atoms with E-state index in [1.807, 2.05) is 96.3 Å². The minimum atomic E-state index is -1.43. The van der Waals surface area contributed by atoms with Crippen LogP contribution in [-0.4, -0.2) is 40.8 Å². The molecule has 0 saturated carbocycles. The fourth-order valence-corrected chi connectivity index (χ4v) is 4.41. The molecule has 39 heavy (non-hydrogen) atoms. The topological polar surface area (TPSA) is 140 Å². The summed E-state index contributed by atoms with van der Waals surface area (Å²) in [6.07, 6.45) is -0.356. The Labute approximate surface area is 226 Å². The number of carboxylic acid groups (broad SMARTS) is 1. The van der Waals surface area contributed by atoms with Crippen LogP contribution in [0.25, 0.3) is 0 Å². The molecular formula is C29H29N6O4-. The zero-order valence-corrected chi connectivity index (χ0v) is 21.4. The maximum absolute atomic E-state index is 12.7. The molecule has 0 bridgehead atoms. The van der Waals surface area contributed by atoms with Gasteiger partial charge >= 0.3 is 0 Å². The maximum Gasteiger partial charge on any atom is 0.233 e. The van der Waals surface area contributed by atoms with E-state index in [2.05, 4.69) is 21.0 Å². The van der Waals surface area contributed by atoms with E-state index in [1.165, 1.54) is 6.20 Å². The lowest BCUT2D eigenvalue weighted by Gasteiger charge is -2.38. The van der Waals surface area contributed by atoms with E-state index in [9.17, 15) is 19.5 Å². The van der Waals surface area contributed by atoms with Crippen LogP contribution in [0, 0.1) is 0 Å². The van der Waals surface area contributed by atoms with Gasteiger partial charge in [-0.1, -0.05) is 91.0 Å². The molecule has 1 aromatic heterocycles. The molecule has 3 amide bonds. The number of benzene rings is 3.